The summed E-state index contributed by atoms with van der Waals surface area (Å²) < 4.78 is 4.45. The number of esters is 1. The normalized spacial score (nSPS) is 9.40. The quantitative estimate of drug-likeness (QED) is 0.349. The maximum atomic E-state index is 10.7. The van der Waals surface area contributed by atoms with Crippen molar-refractivity contribution in [3.63, 3.8) is 0 Å². The Balaban J connectivity index is 2.41. The minimum absolute atomic E-state index is 0.0179. The van der Waals surface area contributed by atoms with E-state index in [1.165, 1.54) is 13.2 Å². The number of ether oxygens (including phenoxy) is 1. The van der Waals surface area contributed by atoms with Crippen molar-refractivity contribution in [3.05, 3.63) is 46.9 Å². The standard InChI is InChI=1S/C12H10O2Se/c1-14-12(13)8-10-15-9-7-11-5-3-2-4-6-11/h2-6,8,10H,1H3/b10-8-. The van der Waals surface area contributed by atoms with Gasteiger partial charge >= 0.3 is 95.3 Å². The van der Waals surface area contributed by atoms with Crippen molar-refractivity contribution in [2.24, 2.45) is 0 Å². The van der Waals surface area contributed by atoms with E-state index < -0.39 is 0 Å². The molecule has 0 bridgehead atoms. The summed E-state index contributed by atoms with van der Waals surface area (Å²) >= 11 is 0.0179. The third kappa shape index (κ3) is 5.07. The first-order valence-corrected chi connectivity index (χ1v) is 6.13. The molecule has 0 atom stereocenters. The van der Waals surface area contributed by atoms with Gasteiger partial charge in [-0.2, -0.15) is 0 Å². The molecule has 0 amide bonds. The summed E-state index contributed by atoms with van der Waals surface area (Å²) in [5.74, 6) is 2.68. The van der Waals surface area contributed by atoms with Gasteiger partial charge < -0.3 is 0 Å². The van der Waals surface area contributed by atoms with Gasteiger partial charge in [0.25, 0.3) is 0 Å². The summed E-state index contributed by atoms with van der Waals surface area (Å²) in [5.41, 5.74) is 0.992. The molecule has 1 rings (SSSR count). The first-order valence-electron chi connectivity index (χ1n) is 4.29. The molecule has 0 saturated carbocycles. The van der Waals surface area contributed by atoms with E-state index in [0.717, 1.165) is 5.56 Å². The van der Waals surface area contributed by atoms with Gasteiger partial charge in [-0.05, 0) is 0 Å². The minimum atomic E-state index is -0.335. The van der Waals surface area contributed by atoms with Crippen LogP contribution in [-0.2, 0) is 9.53 Å². The van der Waals surface area contributed by atoms with Gasteiger partial charge in [-0.1, -0.05) is 0 Å². The Bertz CT molecular complexity index is 399. The number of hydrogen-bond donors (Lipinski definition) is 0. The van der Waals surface area contributed by atoms with Gasteiger partial charge in [0.15, 0.2) is 0 Å². The molecule has 0 unspecified atom stereocenters. The number of methoxy groups -OCH3 is 1. The fourth-order valence-electron chi connectivity index (χ4n) is 0.802. The molecule has 0 radical (unpaired) electrons. The Morgan fingerprint density at radius 2 is 2.13 bits per heavy atom. The fraction of sp³-hybridized carbons (Fsp3) is 0.0833. The number of carbonyl (C=O) groups is 1. The molecule has 15 heavy (non-hydrogen) atoms. The van der Waals surface area contributed by atoms with Crippen molar-refractivity contribution < 1.29 is 9.53 Å². The molecule has 0 heterocycles. The van der Waals surface area contributed by atoms with E-state index in [9.17, 15) is 4.79 Å². The van der Waals surface area contributed by atoms with Crippen molar-refractivity contribution in [1.29, 1.82) is 0 Å². The second-order valence-corrected chi connectivity index (χ2v) is 4.03. The van der Waals surface area contributed by atoms with Gasteiger partial charge in [-0.15, -0.1) is 0 Å². The Kier molecular flexibility index (Phi) is 5.32. The molecule has 0 aliphatic rings. The van der Waals surface area contributed by atoms with Crippen LogP contribution in [0.4, 0.5) is 0 Å². The molecule has 0 saturated heterocycles. The molecule has 0 aromatic heterocycles. The van der Waals surface area contributed by atoms with Crippen LogP contribution in [0.15, 0.2) is 41.4 Å². The van der Waals surface area contributed by atoms with E-state index in [1.807, 2.05) is 30.3 Å². The fourth-order valence-corrected chi connectivity index (χ4v) is 1.69. The second-order valence-electron chi connectivity index (χ2n) is 2.54. The van der Waals surface area contributed by atoms with Crippen LogP contribution in [0.1, 0.15) is 5.56 Å². The van der Waals surface area contributed by atoms with Gasteiger partial charge in [0.05, 0.1) is 0 Å². The van der Waals surface area contributed by atoms with Gasteiger partial charge in [-0.3, -0.25) is 0 Å². The Hall–Kier alpha value is -1.49. The zero-order valence-corrected chi connectivity index (χ0v) is 9.98. The van der Waals surface area contributed by atoms with Gasteiger partial charge in [0.1, 0.15) is 0 Å². The van der Waals surface area contributed by atoms with Crippen molar-refractivity contribution in [2.75, 3.05) is 7.11 Å². The van der Waals surface area contributed by atoms with Gasteiger partial charge in [0, 0.05) is 0 Å². The Labute approximate surface area is 95.5 Å². The predicted octanol–water partition coefficient (Wildman–Crippen LogP) is 1.39. The number of rotatable bonds is 2. The van der Waals surface area contributed by atoms with Crippen LogP contribution >= 0.6 is 0 Å². The Morgan fingerprint density at radius 1 is 1.40 bits per heavy atom. The number of carbonyl (C=O) groups excluding carboxylic acids is 1. The average molecular weight is 265 g/mol. The van der Waals surface area contributed by atoms with Crippen molar-refractivity contribution in [1.82, 2.24) is 0 Å². The van der Waals surface area contributed by atoms with Crippen molar-refractivity contribution in [3.8, 4) is 10.7 Å². The summed E-state index contributed by atoms with van der Waals surface area (Å²) in [4.78, 5) is 15.4. The predicted molar refractivity (Wildman–Crippen MR) is 60.2 cm³/mol. The molecule has 0 spiro atoms. The molecule has 2 nitrogen and oxygen atoms in total. The SMILES string of the molecule is COC(=O)/C=C\[Se]C#Cc1ccccc1. The first-order chi connectivity index (χ1) is 7.33. The van der Waals surface area contributed by atoms with E-state index in [-0.39, 0.29) is 20.9 Å². The van der Waals surface area contributed by atoms with Gasteiger partial charge in [0.2, 0.25) is 0 Å². The maximum absolute atomic E-state index is 10.7. The molecular formula is C12H10O2Se. The molecule has 0 aliphatic carbocycles. The average Bonchev–Trinajstić information content (AvgIpc) is 2.29. The van der Waals surface area contributed by atoms with E-state index >= 15 is 0 Å². The molecule has 76 valence electrons. The van der Waals surface area contributed by atoms with Crippen LogP contribution < -0.4 is 0 Å². The van der Waals surface area contributed by atoms with E-state index in [1.54, 1.807) is 4.97 Å². The Morgan fingerprint density at radius 3 is 2.80 bits per heavy atom. The molecule has 1 aromatic rings. The number of benzene rings is 1. The second kappa shape index (κ2) is 6.89. The van der Waals surface area contributed by atoms with Crippen LogP contribution in [0, 0.1) is 10.7 Å². The van der Waals surface area contributed by atoms with Crippen LogP contribution in [0.2, 0.25) is 0 Å². The monoisotopic (exact) mass is 266 g/mol. The molecule has 1 aromatic carbocycles. The first kappa shape index (κ1) is 11.6. The van der Waals surface area contributed by atoms with Crippen LogP contribution in [-0.4, -0.2) is 28.0 Å². The van der Waals surface area contributed by atoms with E-state index in [0.29, 0.717) is 0 Å². The summed E-state index contributed by atoms with van der Waals surface area (Å²) in [6.45, 7) is 0. The third-order valence-corrected chi connectivity index (χ3v) is 2.53. The molecule has 0 aliphatic heterocycles. The van der Waals surface area contributed by atoms with E-state index in [2.05, 4.69) is 15.5 Å². The van der Waals surface area contributed by atoms with Crippen LogP contribution in [0.5, 0.6) is 0 Å². The zero-order valence-electron chi connectivity index (χ0n) is 8.27. The van der Waals surface area contributed by atoms with Crippen LogP contribution in [0.3, 0.4) is 0 Å². The van der Waals surface area contributed by atoms with Gasteiger partial charge in [-0.25, -0.2) is 0 Å². The third-order valence-electron chi connectivity index (χ3n) is 1.50. The summed E-state index contributed by atoms with van der Waals surface area (Å²) in [5, 5.41) is 0. The van der Waals surface area contributed by atoms with Crippen LogP contribution in [0.25, 0.3) is 0 Å². The zero-order chi connectivity index (χ0) is 10.9. The molecular weight excluding hydrogens is 255 g/mol. The topological polar surface area (TPSA) is 26.3 Å². The molecule has 3 heteroatoms. The summed E-state index contributed by atoms with van der Waals surface area (Å²) in [6, 6.07) is 9.75. The van der Waals surface area contributed by atoms with Crippen molar-refractivity contribution in [2.45, 2.75) is 0 Å². The molecule has 0 N–H and O–H groups in total. The summed E-state index contributed by atoms with van der Waals surface area (Å²) in [7, 11) is 1.36. The summed E-state index contributed by atoms with van der Waals surface area (Å²) in [6.07, 6.45) is 1.40. The van der Waals surface area contributed by atoms with E-state index in [4.69, 9.17) is 0 Å². The van der Waals surface area contributed by atoms with Crippen molar-refractivity contribution >= 4 is 20.9 Å². The number of hydrogen-bond acceptors (Lipinski definition) is 2. The molecule has 0 fully saturated rings.